The van der Waals surface area contributed by atoms with Crippen molar-refractivity contribution in [1.82, 2.24) is 14.8 Å². The molecule has 7 heteroatoms. The van der Waals surface area contributed by atoms with Crippen LogP contribution in [0.4, 0.5) is 19.0 Å². The number of hydrogen-bond donors (Lipinski definition) is 1. The average molecular weight is 330 g/mol. The molecule has 24 heavy (non-hydrogen) atoms. The Hall–Kier alpha value is -2.83. The molecule has 0 fully saturated rings. The molecule has 3 heterocycles. The standard InChI is InChI=1S/C17H13F3N4/c18-17(19,20)13-5-1-2-6-14(13)24-16-12(7-9-22-16)15(23-24)11-4-3-8-21-10-11/h1-6,8,10,22H,7,9H2. The highest BCUT2D eigenvalue weighted by Crippen LogP contribution is 2.38. The third-order valence-corrected chi connectivity index (χ3v) is 4.02. The maximum Gasteiger partial charge on any atom is 0.418 e. The fourth-order valence-corrected chi connectivity index (χ4v) is 2.98. The van der Waals surface area contributed by atoms with Crippen molar-refractivity contribution in [2.24, 2.45) is 0 Å². The molecule has 1 N–H and O–H groups in total. The number of pyridine rings is 1. The molecule has 0 bridgehead atoms. The Labute approximate surface area is 136 Å². The summed E-state index contributed by atoms with van der Waals surface area (Å²) < 4.78 is 41.4. The Morgan fingerprint density at radius 2 is 1.92 bits per heavy atom. The summed E-state index contributed by atoms with van der Waals surface area (Å²) in [4.78, 5) is 4.08. The zero-order valence-corrected chi connectivity index (χ0v) is 12.5. The quantitative estimate of drug-likeness (QED) is 0.774. The number of aromatic nitrogens is 3. The van der Waals surface area contributed by atoms with Gasteiger partial charge in [0, 0.05) is 30.1 Å². The molecule has 0 saturated carbocycles. The molecule has 1 aliphatic heterocycles. The van der Waals surface area contributed by atoms with Gasteiger partial charge in [-0.1, -0.05) is 12.1 Å². The molecule has 2 aromatic heterocycles. The molecule has 0 unspecified atom stereocenters. The second-order valence-electron chi connectivity index (χ2n) is 5.52. The SMILES string of the molecule is FC(F)(F)c1ccccc1-n1nc(-c2cccnc2)c2c1NCC2. The van der Waals surface area contributed by atoms with Crippen LogP contribution in [0.3, 0.4) is 0 Å². The van der Waals surface area contributed by atoms with Crippen LogP contribution in [-0.4, -0.2) is 21.3 Å². The Kier molecular flexibility index (Phi) is 3.30. The number of alkyl halides is 3. The lowest BCUT2D eigenvalue weighted by Gasteiger charge is -2.14. The Morgan fingerprint density at radius 1 is 1.08 bits per heavy atom. The van der Waals surface area contributed by atoms with Gasteiger partial charge in [0.1, 0.15) is 5.82 Å². The van der Waals surface area contributed by atoms with E-state index in [1.165, 1.54) is 16.8 Å². The van der Waals surface area contributed by atoms with Gasteiger partial charge in [0.15, 0.2) is 0 Å². The summed E-state index contributed by atoms with van der Waals surface area (Å²) in [5.41, 5.74) is 1.69. The summed E-state index contributed by atoms with van der Waals surface area (Å²) in [6, 6.07) is 9.11. The van der Waals surface area contributed by atoms with Crippen molar-refractivity contribution in [2.45, 2.75) is 12.6 Å². The van der Waals surface area contributed by atoms with Crippen molar-refractivity contribution in [2.75, 3.05) is 11.9 Å². The van der Waals surface area contributed by atoms with Gasteiger partial charge < -0.3 is 5.32 Å². The van der Waals surface area contributed by atoms with Gasteiger partial charge in [-0.05, 0) is 30.7 Å². The molecule has 0 aliphatic carbocycles. The highest BCUT2D eigenvalue weighted by atomic mass is 19.4. The fraction of sp³-hybridized carbons (Fsp3) is 0.176. The summed E-state index contributed by atoms with van der Waals surface area (Å²) in [7, 11) is 0. The smallest absolute Gasteiger partial charge is 0.369 e. The maximum absolute atomic E-state index is 13.3. The van der Waals surface area contributed by atoms with E-state index >= 15 is 0 Å². The van der Waals surface area contributed by atoms with E-state index in [4.69, 9.17) is 0 Å². The molecular formula is C17H13F3N4. The van der Waals surface area contributed by atoms with Gasteiger partial charge in [-0.3, -0.25) is 4.98 Å². The minimum absolute atomic E-state index is 0.0193. The topological polar surface area (TPSA) is 42.7 Å². The monoisotopic (exact) mass is 330 g/mol. The Bertz CT molecular complexity index is 885. The lowest BCUT2D eigenvalue weighted by Crippen LogP contribution is -2.13. The first-order chi connectivity index (χ1) is 11.6. The second kappa shape index (κ2) is 5.36. The highest BCUT2D eigenvalue weighted by molar-refractivity contribution is 5.72. The highest BCUT2D eigenvalue weighted by Gasteiger charge is 2.35. The molecule has 0 saturated heterocycles. The molecule has 122 valence electrons. The van der Waals surface area contributed by atoms with Crippen molar-refractivity contribution >= 4 is 5.82 Å². The number of hydrogen-bond acceptors (Lipinski definition) is 3. The van der Waals surface area contributed by atoms with E-state index in [-0.39, 0.29) is 5.69 Å². The molecule has 4 nitrogen and oxygen atoms in total. The third kappa shape index (κ3) is 2.33. The molecule has 0 radical (unpaired) electrons. The minimum atomic E-state index is -4.44. The molecule has 1 aliphatic rings. The lowest BCUT2D eigenvalue weighted by atomic mass is 10.1. The van der Waals surface area contributed by atoms with Gasteiger partial charge in [-0.2, -0.15) is 18.3 Å². The van der Waals surface area contributed by atoms with Crippen LogP contribution in [0.25, 0.3) is 16.9 Å². The van der Waals surface area contributed by atoms with E-state index in [1.54, 1.807) is 24.5 Å². The van der Waals surface area contributed by atoms with Crippen LogP contribution in [0, 0.1) is 0 Å². The van der Waals surface area contributed by atoms with Crippen molar-refractivity contribution < 1.29 is 13.2 Å². The normalized spacial score (nSPS) is 13.6. The first-order valence-corrected chi connectivity index (χ1v) is 7.48. The van der Waals surface area contributed by atoms with Gasteiger partial charge in [0.25, 0.3) is 0 Å². The fourth-order valence-electron chi connectivity index (χ4n) is 2.98. The van der Waals surface area contributed by atoms with Crippen LogP contribution in [-0.2, 0) is 12.6 Å². The number of benzene rings is 1. The summed E-state index contributed by atoms with van der Waals surface area (Å²) in [5.74, 6) is 0.616. The number of nitrogens with one attached hydrogen (secondary N) is 1. The molecule has 0 spiro atoms. The zero-order valence-electron chi connectivity index (χ0n) is 12.5. The Morgan fingerprint density at radius 3 is 2.67 bits per heavy atom. The predicted molar refractivity (Wildman–Crippen MR) is 84.0 cm³/mol. The van der Waals surface area contributed by atoms with Crippen LogP contribution in [0.2, 0.25) is 0 Å². The number of para-hydroxylation sites is 1. The number of rotatable bonds is 2. The molecule has 0 amide bonds. The molecule has 1 aromatic carbocycles. The summed E-state index contributed by atoms with van der Waals surface area (Å²) in [5, 5.41) is 7.61. The van der Waals surface area contributed by atoms with Crippen molar-refractivity contribution in [3.8, 4) is 16.9 Å². The minimum Gasteiger partial charge on any atom is -0.369 e. The lowest BCUT2D eigenvalue weighted by molar-refractivity contribution is -0.137. The van der Waals surface area contributed by atoms with Gasteiger partial charge in [0.2, 0.25) is 0 Å². The van der Waals surface area contributed by atoms with Gasteiger partial charge >= 0.3 is 6.18 Å². The van der Waals surface area contributed by atoms with Crippen LogP contribution >= 0.6 is 0 Å². The van der Waals surface area contributed by atoms with Gasteiger partial charge in [-0.15, -0.1) is 0 Å². The van der Waals surface area contributed by atoms with E-state index in [2.05, 4.69) is 15.4 Å². The van der Waals surface area contributed by atoms with E-state index in [0.717, 1.165) is 17.2 Å². The largest absolute Gasteiger partial charge is 0.418 e. The van der Waals surface area contributed by atoms with Crippen LogP contribution in [0.1, 0.15) is 11.1 Å². The maximum atomic E-state index is 13.3. The van der Waals surface area contributed by atoms with Crippen molar-refractivity contribution in [3.63, 3.8) is 0 Å². The van der Waals surface area contributed by atoms with Crippen LogP contribution < -0.4 is 5.32 Å². The predicted octanol–water partition coefficient (Wildman–Crippen LogP) is 3.92. The molecule has 3 aromatic rings. The molecular weight excluding hydrogens is 317 g/mol. The van der Waals surface area contributed by atoms with Crippen molar-refractivity contribution in [1.29, 1.82) is 0 Å². The van der Waals surface area contributed by atoms with E-state index in [9.17, 15) is 13.2 Å². The summed E-state index contributed by atoms with van der Waals surface area (Å²) in [6.07, 6.45) is -0.408. The van der Waals surface area contributed by atoms with E-state index in [0.29, 0.717) is 24.5 Å². The Balaban J connectivity index is 1.93. The van der Waals surface area contributed by atoms with E-state index < -0.39 is 11.7 Å². The number of anilines is 1. The van der Waals surface area contributed by atoms with Gasteiger partial charge in [-0.25, -0.2) is 4.68 Å². The summed E-state index contributed by atoms with van der Waals surface area (Å²) in [6.45, 7) is 0.675. The van der Waals surface area contributed by atoms with Gasteiger partial charge in [0.05, 0.1) is 16.9 Å². The zero-order chi connectivity index (χ0) is 16.7. The summed E-state index contributed by atoms with van der Waals surface area (Å²) >= 11 is 0. The van der Waals surface area contributed by atoms with Crippen LogP contribution in [0.5, 0.6) is 0 Å². The van der Waals surface area contributed by atoms with E-state index in [1.807, 2.05) is 6.07 Å². The molecule has 0 atom stereocenters. The number of fused-ring (bicyclic) bond motifs is 1. The first kappa shape index (κ1) is 14.7. The second-order valence-corrected chi connectivity index (χ2v) is 5.52. The third-order valence-electron chi connectivity index (χ3n) is 4.02. The number of nitrogens with zero attached hydrogens (tertiary/aromatic N) is 3. The average Bonchev–Trinajstić information content (AvgIpc) is 3.17. The first-order valence-electron chi connectivity index (χ1n) is 7.48. The number of halogens is 3. The van der Waals surface area contributed by atoms with Crippen molar-refractivity contribution in [3.05, 3.63) is 59.9 Å². The molecule has 4 rings (SSSR count). The van der Waals surface area contributed by atoms with Crippen LogP contribution in [0.15, 0.2) is 48.8 Å².